The van der Waals surface area contributed by atoms with Crippen LogP contribution in [-0.2, 0) is 22.0 Å². The molecule has 0 heterocycles. The highest BCUT2D eigenvalue weighted by atomic mass is 16.1. The summed E-state index contributed by atoms with van der Waals surface area (Å²) >= 11 is 0. The second-order valence-corrected chi connectivity index (χ2v) is 8.20. The fourth-order valence-electron chi connectivity index (χ4n) is 2.88. The van der Waals surface area contributed by atoms with Crippen molar-refractivity contribution in [1.29, 1.82) is 5.26 Å². The van der Waals surface area contributed by atoms with E-state index in [1.54, 1.807) is 0 Å². The van der Waals surface area contributed by atoms with Crippen molar-refractivity contribution in [3.8, 4) is 6.07 Å². The molecule has 22 heavy (non-hydrogen) atoms. The number of hydrogen-bond acceptors (Lipinski definition) is 2. The zero-order valence-corrected chi connectivity index (χ0v) is 14.5. The molecule has 0 saturated heterocycles. The number of hydrogen-bond donors (Lipinski definition) is 0. The average Bonchev–Trinajstić information content (AvgIpc) is 2.79. The highest BCUT2D eigenvalue weighted by Gasteiger charge is 2.28. The Morgan fingerprint density at radius 3 is 2.27 bits per heavy atom. The predicted molar refractivity (Wildman–Crippen MR) is 90.8 cm³/mol. The van der Waals surface area contributed by atoms with Crippen LogP contribution < -0.4 is 0 Å². The van der Waals surface area contributed by atoms with Crippen LogP contribution >= 0.6 is 0 Å². The third-order valence-corrected chi connectivity index (χ3v) is 4.24. The van der Waals surface area contributed by atoms with Crippen LogP contribution in [0.25, 0.3) is 6.08 Å². The maximum Gasteiger partial charge on any atom is 0.173 e. The Bertz CT molecular complexity index is 688. The number of carbonyl (C=O) groups is 1. The summed E-state index contributed by atoms with van der Waals surface area (Å²) in [6.07, 6.45) is 2.63. The second kappa shape index (κ2) is 5.39. The Labute approximate surface area is 133 Å². The van der Waals surface area contributed by atoms with Gasteiger partial charge in [-0.1, -0.05) is 53.7 Å². The molecule has 0 N–H and O–H groups in total. The topological polar surface area (TPSA) is 40.9 Å². The van der Waals surface area contributed by atoms with Gasteiger partial charge in [0.15, 0.2) is 5.78 Å². The molecule has 1 aliphatic carbocycles. The van der Waals surface area contributed by atoms with E-state index >= 15 is 0 Å². The van der Waals surface area contributed by atoms with Crippen LogP contribution in [0, 0.1) is 11.3 Å². The summed E-state index contributed by atoms with van der Waals surface area (Å²) in [7, 11) is 0. The number of carbonyl (C=O) groups excluding carboxylic acids is 1. The number of fused-ring (bicyclic) bond motifs is 1. The molecule has 0 radical (unpaired) electrons. The standard InChI is InChI=1S/C20H25NO/c1-19(2,3)15-10-13-9-14(18(22)7-8-21)11-16(13)17(12-15)20(4,5)6/h10-12H,7,9H2,1-6H3. The highest BCUT2D eigenvalue weighted by molar-refractivity contribution is 6.03. The lowest BCUT2D eigenvalue weighted by molar-refractivity contribution is -0.114. The molecule has 2 rings (SSSR count). The number of benzene rings is 1. The number of Topliss-reactive ketones (excluding diaryl/α,β-unsaturated/α-hetero) is 1. The maximum atomic E-state index is 12.1. The fourth-order valence-corrected chi connectivity index (χ4v) is 2.88. The molecule has 1 aliphatic rings. The molecule has 1 aromatic carbocycles. The summed E-state index contributed by atoms with van der Waals surface area (Å²) in [6, 6.07) is 6.48. The summed E-state index contributed by atoms with van der Waals surface area (Å²) in [5.41, 5.74) is 5.87. The summed E-state index contributed by atoms with van der Waals surface area (Å²) < 4.78 is 0. The predicted octanol–water partition coefficient (Wildman–Crippen LogP) is 4.70. The molecule has 2 nitrogen and oxygen atoms in total. The molecule has 0 fully saturated rings. The molecule has 0 amide bonds. The van der Waals surface area contributed by atoms with Gasteiger partial charge in [0.05, 0.1) is 12.5 Å². The molecule has 2 heteroatoms. The van der Waals surface area contributed by atoms with Crippen LogP contribution in [0.3, 0.4) is 0 Å². The van der Waals surface area contributed by atoms with Crippen molar-refractivity contribution < 1.29 is 4.79 Å². The summed E-state index contributed by atoms with van der Waals surface area (Å²) in [6.45, 7) is 13.3. The Hall–Kier alpha value is -1.88. The molecule has 0 aromatic heterocycles. The van der Waals surface area contributed by atoms with Crippen LogP contribution in [-0.4, -0.2) is 5.78 Å². The van der Waals surface area contributed by atoms with Crippen molar-refractivity contribution in [2.24, 2.45) is 0 Å². The van der Waals surface area contributed by atoms with E-state index in [4.69, 9.17) is 5.26 Å². The van der Waals surface area contributed by atoms with Gasteiger partial charge in [0.2, 0.25) is 0 Å². The van der Waals surface area contributed by atoms with E-state index in [1.165, 1.54) is 22.3 Å². The van der Waals surface area contributed by atoms with E-state index in [9.17, 15) is 4.79 Å². The molecule has 0 aliphatic heterocycles. The summed E-state index contributed by atoms with van der Waals surface area (Å²) in [5, 5.41) is 8.75. The van der Waals surface area contributed by atoms with Crippen molar-refractivity contribution >= 4 is 11.9 Å². The first-order valence-corrected chi connectivity index (χ1v) is 7.82. The molecule has 0 spiro atoms. The zero-order valence-electron chi connectivity index (χ0n) is 14.5. The lowest BCUT2D eigenvalue weighted by Gasteiger charge is -2.27. The molecule has 0 atom stereocenters. The third-order valence-electron chi connectivity index (χ3n) is 4.24. The lowest BCUT2D eigenvalue weighted by atomic mass is 9.77. The lowest BCUT2D eigenvalue weighted by Crippen LogP contribution is -2.18. The van der Waals surface area contributed by atoms with Gasteiger partial charge < -0.3 is 0 Å². The van der Waals surface area contributed by atoms with E-state index in [2.05, 4.69) is 53.7 Å². The van der Waals surface area contributed by atoms with Gasteiger partial charge in [-0.15, -0.1) is 0 Å². The third kappa shape index (κ3) is 3.14. The van der Waals surface area contributed by atoms with Gasteiger partial charge in [-0.25, -0.2) is 0 Å². The SMILES string of the molecule is CC(C)(C)c1cc2c(c(C(C)(C)C)c1)C=C(C(=O)CC#N)C2. The first-order valence-electron chi connectivity index (χ1n) is 7.82. The average molecular weight is 295 g/mol. The van der Waals surface area contributed by atoms with Crippen LogP contribution in [0.4, 0.5) is 0 Å². The number of rotatable bonds is 2. The van der Waals surface area contributed by atoms with Gasteiger partial charge in [0, 0.05) is 12.0 Å². The molecule has 0 bridgehead atoms. The van der Waals surface area contributed by atoms with Crippen molar-refractivity contribution in [1.82, 2.24) is 0 Å². The molecular formula is C20H25NO. The minimum atomic E-state index is -0.0455. The molecular weight excluding hydrogens is 270 g/mol. The van der Waals surface area contributed by atoms with Crippen molar-refractivity contribution in [3.63, 3.8) is 0 Å². The summed E-state index contributed by atoms with van der Waals surface area (Å²) in [5.74, 6) is -0.0455. The second-order valence-electron chi connectivity index (χ2n) is 8.20. The van der Waals surface area contributed by atoms with Gasteiger partial charge in [-0.2, -0.15) is 5.26 Å². The first kappa shape index (κ1) is 16.5. The minimum absolute atomic E-state index is 0.0234. The Morgan fingerprint density at radius 1 is 1.14 bits per heavy atom. The van der Waals surface area contributed by atoms with Gasteiger partial charge >= 0.3 is 0 Å². The normalized spacial score (nSPS) is 14.3. The van der Waals surface area contributed by atoms with E-state index in [-0.39, 0.29) is 23.0 Å². The van der Waals surface area contributed by atoms with E-state index < -0.39 is 0 Å². The van der Waals surface area contributed by atoms with E-state index in [0.717, 1.165) is 5.57 Å². The van der Waals surface area contributed by atoms with Crippen LogP contribution in [0.2, 0.25) is 0 Å². The van der Waals surface area contributed by atoms with Crippen LogP contribution in [0.5, 0.6) is 0 Å². The Balaban J connectivity index is 2.58. The highest BCUT2D eigenvalue weighted by Crippen LogP contribution is 2.38. The quantitative estimate of drug-likeness (QED) is 0.793. The Morgan fingerprint density at radius 2 is 1.77 bits per heavy atom. The van der Waals surface area contributed by atoms with Gasteiger partial charge in [-0.3, -0.25) is 4.79 Å². The van der Waals surface area contributed by atoms with Crippen LogP contribution in [0.15, 0.2) is 17.7 Å². The van der Waals surface area contributed by atoms with Crippen molar-refractivity contribution in [3.05, 3.63) is 40.0 Å². The number of allylic oxidation sites excluding steroid dienone is 1. The number of nitrogens with zero attached hydrogens (tertiary/aromatic N) is 1. The largest absolute Gasteiger partial charge is 0.293 e. The fraction of sp³-hybridized carbons (Fsp3) is 0.500. The van der Waals surface area contributed by atoms with Gasteiger partial charge in [0.25, 0.3) is 0 Å². The molecule has 1 aromatic rings. The molecule has 0 unspecified atom stereocenters. The molecule has 0 saturated carbocycles. The zero-order chi connectivity index (χ0) is 16.7. The number of ketones is 1. The maximum absolute atomic E-state index is 12.1. The first-order chi connectivity index (χ1) is 10.0. The minimum Gasteiger partial charge on any atom is -0.293 e. The van der Waals surface area contributed by atoms with E-state index in [1.807, 2.05) is 12.1 Å². The number of nitriles is 1. The van der Waals surface area contributed by atoms with Crippen molar-refractivity contribution in [2.45, 2.75) is 65.2 Å². The smallest absolute Gasteiger partial charge is 0.173 e. The summed E-state index contributed by atoms with van der Waals surface area (Å²) in [4.78, 5) is 12.1. The van der Waals surface area contributed by atoms with Crippen LogP contribution in [0.1, 0.15) is 70.2 Å². The van der Waals surface area contributed by atoms with Crippen molar-refractivity contribution in [2.75, 3.05) is 0 Å². The van der Waals surface area contributed by atoms with E-state index in [0.29, 0.717) is 6.42 Å². The Kier molecular flexibility index (Phi) is 4.04. The monoisotopic (exact) mass is 295 g/mol. The van der Waals surface area contributed by atoms with Gasteiger partial charge in [0.1, 0.15) is 0 Å². The van der Waals surface area contributed by atoms with Gasteiger partial charge in [-0.05, 0) is 39.2 Å². The molecule has 116 valence electrons.